The van der Waals surface area contributed by atoms with Crippen LogP contribution in [0.25, 0.3) is 0 Å². The smallest absolute Gasteiger partial charge is 0.263 e. The van der Waals surface area contributed by atoms with Crippen molar-refractivity contribution < 1.29 is 9.53 Å². The van der Waals surface area contributed by atoms with Crippen LogP contribution in [0, 0.1) is 17.2 Å². The fraction of sp³-hybridized carbons (Fsp3) is 0.421. The lowest BCUT2D eigenvalue weighted by Crippen LogP contribution is -2.20. The first-order chi connectivity index (χ1) is 12.2. The summed E-state index contributed by atoms with van der Waals surface area (Å²) in [5.41, 5.74) is 1.56. The maximum Gasteiger partial charge on any atom is 0.263 e. The Balaban J connectivity index is 1.47. The Bertz CT molecular complexity index is 757. The molecule has 0 atom stereocenters. The van der Waals surface area contributed by atoms with Crippen molar-refractivity contribution in [2.45, 2.75) is 38.5 Å². The Morgan fingerprint density at radius 1 is 1.32 bits per heavy atom. The standard InChI is InChI=1S/C19H22N4O2/c20-12-15-7-4-8-17(10-15)25-13-19(24)21-18-11-16(22-23-18)9-14-5-2-1-3-6-14/h4,7-8,10-11,14H,1-3,5-6,9,13H2,(H2,21,22,23,24). The summed E-state index contributed by atoms with van der Waals surface area (Å²) < 4.78 is 5.41. The van der Waals surface area contributed by atoms with Gasteiger partial charge < -0.3 is 10.1 Å². The Labute approximate surface area is 147 Å². The minimum atomic E-state index is -0.280. The van der Waals surface area contributed by atoms with Crippen molar-refractivity contribution in [3.8, 4) is 11.8 Å². The van der Waals surface area contributed by atoms with Gasteiger partial charge in [-0.05, 0) is 30.5 Å². The summed E-state index contributed by atoms with van der Waals surface area (Å²) in [4.78, 5) is 12.0. The van der Waals surface area contributed by atoms with Gasteiger partial charge in [0.15, 0.2) is 12.4 Å². The molecule has 1 amide bonds. The number of amides is 1. The number of hydrogen-bond acceptors (Lipinski definition) is 4. The van der Waals surface area contributed by atoms with Gasteiger partial charge in [-0.1, -0.05) is 38.2 Å². The van der Waals surface area contributed by atoms with E-state index in [-0.39, 0.29) is 12.5 Å². The van der Waals surface area contributed by atoms with Gasteiger partial charge >= 0.3 is 0 Å². The highest BCUT2D eigenvalue weighted by atomic mass is 16.5. The Morgan fingerprint density at radius 3 is 2.96 bits per heavy atom. The molecular formula is C19H22N4O2. The van der Waals surface area contributed by atoms with E-state index in [4.69, 9.17) is 10.00 Å². The van der Waals surface area contributed by atoms with Gasteiger partial charge in [0, 0.05) is 11.8 Å². The maximum absolute atomic E-state index is 12.0. The number of carbonyl (C=O) groups is 1. The molecule has 6 nitrogen and oxygen atoms in total. The molecule has 0 radical (unpaired) electrons. The SMILES string of the molecule is N#Cc1cccc(OCC(=O)Nc2cc(CC3CCCCC3)[nH]n2)c1. The van der Waals surface area contributed by atoms with Crippen molar-refractivity contribution >= 4 is 11.7 Å². The first-order valence-corrected chi connectivity index (χ1v) is 8.70. The average Bonchev–Trinajstić information content (AvgIpc) is 3.08. The Morgan fingerprint density at radius 2 is 2.16 bits per heavy atom. The molecule has 130 valence electrons. The monoisotopic (exact) mass is 338 g/mol. The third-order valence-electron chi connectivity index (χ3n) is 4.46. The van der Waals surface area contributed by atoms with Gasteiger partial charge in [0.1, 0.15) is 5.75 Å². The van der Waals surface area contributed by atoms with Crippen LogP contribution < -0.4 is 10.1 Å². The van der Waals surface area contributed by atoms with Crippen LogP contribution >= 0.6 is 0 Å². The van der Waals surface area contributed by atoms with E-state index >= 15 is 0 Å². The van der Waals surface area contributed by atoms with Gasteiger partial charge in [-0.3, -0.25) is 9.89 Å². The zero-order chi connectivity index (χ0) is 17.5. The number of ether oxygens (including phenoxy) is 1. The molecule has 0 saturated heterocycles. The van der Waals surface area contributed by atoms with Crippen LogP contribution in [-0.4, -0.2) is 22.7 Å². The van der Waals surface area contributed by atoms with Gasteiger partial charge in [-0.15, -0.1) is 0 Å². The molecule has 3 rings (SSSR count). The molecule has 1 aliphatic carbocycles. The number of benzene rings is 1. The van der Waals surface area contributed by atoms with Gasteiger partial charge in [0.25, 0.3) is 5.91 Å². The molecule has 1 heterocycles. The fourth-order valence-corrected chi connectivity index (χ4v) is 3.22. The van der Waals surface area contributed by atoms with Crippen molar-refractivity contribution in [1.29, 1.82) is 5.26 Å². The number of H-pyrrole nitrogens is 1. The number of nitriles is 1. The van der Waals surface area contributed by atoms with Crippen molar-refractivity contribution in [3.63, 3.8) is 0 Å². The van der Waals surface area contributed by atoms with Crippen LogP contribution in [0.3, 0.4) is 0 Å². The second-order valence-electron chi connectivity index (χ2n) is 6.46. The third-order valence-corrected chi connectivity index (χ3v) is 4.46. The number of carbonyl (C=O) groups excluding carboxylic acids is 1. The maximum atomic E-state index is 12.0. The number of aromatic amines is 1. The lowest BCUT2D eigenvalue weighted by molar-refractivity contribution is -0.118. The highest BCUT2D eigenvalue weighted by Gasteiger charge is 2.15. The fourth-order valence-electron chi connectivity index (χ4n) is 3.22. The van der Waals surface area contributed by atoms with Gasteiger partial charge in [0.05, 0.1) is 11.6 Å². The van der Waals surface area contributed by atoms with E-state index in [2.05, 4.69) is 15.5 Å². The summed E-state index contributed by atoms with van der Waals surface area (Å²) in [5.74, 6) is 1.45. The van der Waals surface area contributed by atoms with E-state index in [0.29, 0.717) is 23.0 Å². The summed E-state index contributed by atoms with van der Waals surface area (Å²) in [7, 11) is 0. The van der Waals surface area contributed by atoms with Gasteiger partial charge in [-0.2, -0.15) is 10.4 Å². The lowest BCUT2D eigenvalue weighted by Gasteiger charge is -2.20. The molecule has 2 N–H and O–H groups in total. The van der Waals surface area contributed by atoms with Crippen LogP contribution in [0.2, 0.25) is 0 Å². The first-order valence-electron chi connectivity index (χ1n) is 8.70. The summed E-state index contributed by atoms with van der Waals surface area (Å²) in [6.45, 7) is -0.125. The summed E-state index contributed by atoms with van der Waals surface area (Å²) in [5, 5.41) is 18.7. The summed E-state index contributed by atoms with van der Waals surface area (Å²) in [6, 6.07) is 10.6. The lowest BCUT2D eigenvalue weighted by atomic mass is 9.86. The molecule has 25 heavy (non-hydrogen) atoms. The Hall–Kier alpha value is -2.81. The highest BCUT2D eigenvalue weighted by Crippen LogP contribution is 2.26. The third kappa shape index (κ3) is 5.08. The predicted molar refractivity (Wildman–Crippen MR) is 94.1 cm³/mol. The van der Waals surface area contributed by atoms with Gasteiger partial charge in [0.2, 0.25) is 0 Å². The van der Waals surface area contributed by atoms with Crippen LogP contribution in [0.1, 0.15) is 43.4 Å². The summed E-state index contributed by atoms with van der Waals surface area (Å²) in [6.07, 6.45) is 7.50. The van der Waals surface area contributed by atoms with E-state index in [9.17, 15) is 4.79 Å². The van der Waals surface area contributed by atoms with Crippen molar-refractivity contribution in [1.82, 2.24) is 10.2 Å². The zero-order valence-corrected chi connectivity index (χ0v) is 14.1. The van der Waals surface area contributed by atoms with Crippen molar-refractivity contribution in [2.24, 2.45) is 5.92 Å². The average molecular weight is 338 g/mol. The van der Waals surface area contributed by atoms with E-state index < -0.39 is 0 Å². The van der Waals surface area contributed by atoms with Crippen LogP contribution in [-0.2, 0) is 11.2 Å². The first kappa shape index (κ1) is 17.0. The van der Waals surface area contributed by atoms with Crippen LogP contribution in [0.4, 0.5) is 5.82 Å². The van der Waals surface area contributed by atoms with Crippen LogP contribution in [0.5, 0.6) is 5.75 Å². The normalized spacial score (nSPS) is 14.7. The molecule has 1 aliphatic rings. The second-order valence-corrected chi connectivity index (χ2v) is 6.46. The van der Waals surface area contributed by atoms with Gasteiger partial charge in [-0.25, -0.2) is 0 Å². The molecule has 0 spiro atoms. The number of hydrogen-bond donors (Lipinski definition) is 2. The molecule has 6 heteroatoms. The number of anilines is 1. The van der Waals surface area contributed by atoms with E-state index in [0.717, 1.165) is 12.1 Å². The molecule has 0 bridgehead atoms. The zero-order valence-electron chi connectivity index (χ0n) is 14.1. The summed E-state index contributed by atoms with van der Waals surface area (Å²) >= 11 is 0. The molecule has 1 aromatic carbocycles. The second kappa shape index (κ2) is 8.34. The number of rotatable bonds is 6. The molecule has 1 saturated carbocycles. The molecule has 1 fully saturated rings. The number of nitrogens with zero attached hydrogens (tertiary/aromatic N) is 2. The van der Waals surface area contributed by atoms with E-state index in [1.165, 1.54) is 32.1 Å². The minimum Gasteiger partial charge on any atom is -0.484 e. The number of aromatic nitrogens is 2. The van der Waals surface area contributed by atoms with Crippen molar-refractivity contribution in [2.75, 3.05) is 11.9 Å². The van der Waals surface area contributed by atoms with Crippen LogP contribution in [0.15, 0.2) is 30.3 Å². The largest absolute Gasteiger partial charge is 0.484 e. The molecule has 0 unspecified atom stereocenters. The quantitative estimate of drug-likeness (QED) is 0.844. The molecular weight excluding hydrogens is 316 g/mol. The number of nitrogens with one attached hydrogen (secondary N) is 2. The predicted octanol–water partition coefficient (Wildman–Crippen LogP) is 3.42. The topological polar surface area (TPSA) is 90.8 Å². The molecule has 1 aromatic heterocycles. The van der Waals surface area contributed by atoms with Crippen molar-refractivity contribution in [3.05, 3.63) is 41.6 Å². The highest BCUT2D eigenvalue weighted by molar-refractivity contribution is 5.90. The van der Waals surface area contributed by atoms with E-state index in [1.807, 2.05) is 12.1 Å². The Kier molecular flexibility index (Phi) is 5.68. The molecule has 2 aromatic rings. The molecule has 0 aliphatic heterocycles. The minimum absolute atomic E-state index is 0.125. The van der Waals surface area contributed by atoms with E-state index in [1.54, 1.807) is 24.3 Å².